The monoisotopic (exact) mass is 377 g/mol. The molecule has 2 heterocycles. The number of para-hydroxylation sites is 1. The van der Waals surface area contributed by atoms with Crippen LogP contribution in [0.2, 0.25) is 0 Å². The molecule has 0 atom stereocenters. The molecule has 4 rings (SSSR count). The van der Waals surface area contributed by atoms with E-state index in [9.17, 15) is 15.0 Å². The zero-order valence-electron chi connectivity index (χ0n) is 14.5. The number of benzene rings is 2. The SMILES string of the molecule is O=C(CCc1nnc(-c2ccc(O)cc2)o1)N=Nc1c(O)[nH]c2ccccc12. The Morgan fingerprint density at radius 2 is 1.86 bits per heavy atom. The van der Waals surface area contributed by atoms with Crippen LogP contribution in [0.15, 0.2) is 63.2 Å². The Bertz CT molecular complexity index is 1160. The maximum atomic E-state index is 12.0. The van der Waals surface area contributed by atoms with E-state index in [4.69, 9.17) is 4.42 Å². The van der Waals surface area contributed by atoms with Crippen molar-refractivity contribution in [1.29, 1.82) is 0 Å². The number of phenolic OH excluding ortho intramolecular Hbond substituents is 1. The minimum Gasteiger partial charge on any atom is -0.508 e. The highest BCUT2D eigenvalue weighted by molar-refractivity contribution is 5.94. The van der Waals surface area contributed by atoms with Crippen LogP contribution in [0.5, 0.6) is 11.6 Å². The molecule has 2 aromatic heterocycles. The lowest BCUT2D eigenvalue weighted by molar-refractivity contribution is -0.118. The first kappa shape index (κ1) is 17.4. The summed E-state index contributed by atoms with van der Waals surface area (Å²) in [6, 6.07) is 13.5. The number of nitrogens with zero attached hydrogens (tertiary/aromatic N) is 4. The zero-order chi connectivity index (χ0) is 19.5. The molecule has 28 heavy (non-hydrogen) atoms. The molecule has 0 radical (unpaired) electrons. The molecular formula is C19H15N5O4. The van der Waals surface area contributed by atoms with Gasteiger partial charge in [0.15, 0.2) is 5.69 Å². The molecule has 0 saturated heterocycles. The van der Waals surface area contributed by atoms with Crippen molar-refractivity contribution in [3.8, 4) is 23.1 Å². The molecular weight excluding hydrogens is 362 g/mol. The number of H-pyrrole nitrogens is 1. The van der Waals surface area contributed by atoms with Gasteiger partial charge in [0.05, 0.1) is 5.52 Å². The number of aromatic nitrogens is 3. The van der Waals surface area contributed by atoms with Gasteiger partial charge in [0, 0.05) is 23.8 Å². The number of rotatable bonds is 5. The van der Waals surface area contributed by atoms with Crippen molar-refractivity contribution in [3.05, 3.63) is 54.4 Å². The van der Waals surface area contributed by atoms with Gasteiger partial charge in [-0.15, -0.1) is 20.4 Å². The van der Waals surface area contributed by atoms with Gasteiger partial charge in [0.2, 0.25) is 17.7 Å². The Morgan fingerprint density at radius 3 is 2.68 bits per heavy atom. The van der Waals surface area contributed by atoms with E-state index >= 15 is 0 Å². The van der Waals surface area contributed by atoms with E-state index in [-0.39, 0.29) is 30.2 Å². The van der Waals surface area contributed by atoms with Gasteiger partial charge in [-0.3, -0.25) is 4.79 Å². The normalized spacial score (nSPS) is 11.4. The first-order chi connectivity index (χ1) is 13.6. The number of carbonyl (C=O) groups excluding carboxylic acids is 1. The lowest BCUT2D eigenvalue weighted by Gasteiger charge is -1.95. The summed E-state index contributed by atoms with van der Waals surface area (Å²) in [5.74, 6) is 0.109. The van der Waals surface area contributed by atoms with E-state index in [2.05, 4.69) is 25.4 Å². The molecule has 0 aliphatic heterocycles. The average molecular weight is 377 g/mol. The summed E-state index contributed by atoms with van der Waals surface area (Å²) in [6.07, 6.45) is 0.243. The highest BCUT2D eigenvalue weighted by Crippen LogP contribution is 2.35. The van der Waals surface area contributed by atoms with Crippen LogP contribution in [0, 0.1) is 0 Å². The number of hydrogen-bond acceptors (Lipinski definition) is 7. The molecule has 1 amide bonds. The van der Waals surface area contributed by atoms with Gasteiger partial charge in [0.1, 0.15) is 5.75 Å². The molecule has 0 bridgehead atoms. The number of azo groups is 1. The van der Waals surface area contributed by atoms with Gasteiger partial charge in [-0.2, -0.15) is 0 Å². The number of phenols is 1. The van der Waals surface area contributed by atoms with Crippen LogP contribution in [0.3, 0.4) is 0 Å². The van der Waals surface area contributed by atoms with Crippen LogP contribution in [-0.4, -0.2) is 31.3 Å². The third-order valence-electron chi connectivity index (χ3n) is 4.05. The topological polar surface area (TPSA) is 137 Å². The van der Waals surface area contributed by atoms with Crippen molar-refractivity contribution < 1.29 is 19.4 Å². The fourth-order valence-corrected chi connectivity index (χ4v) is 2.66. The van der Waals surface area contributed by atoms with Crippen LogP contribution >= 0.6 is 0 Å². The van der Waals surface area contributed by atoms with Crippen molar-refractivity contribution in [3.63, 3.8) is 0 Å². The van der Waals surface area contributed by atoms with Crippen molar-refractivity contribution in [1.82, 2.24) is 15.2 Å². The molecule has 0 aliphatic rings. The standard InChI is InChI=1S/C19H15N5O4/c25-12-7-5-11(6-8-12)19-24-22-16(28-19)10-9-15(26)21-23-17-13-3-1-2-4-14(13)20-18(17)27/h1-8,20,25,27H,9-10H2. The van der Waals surface area contributed by atoms with Gasteiger partial charge >= 0.3 is 0 Å². The maximum absolute atomic E-state index is 12.0. The van der Waals surface area contributed by atoms with Gasteiger partial charge in [-0.1, -0.05) is 18.2 Å². The lowest BCUT2D eigenvalue weighted by Crippen LogP contribution is -1.95. The second-order valence-electron chi connectivity index (χ2n) is 6.01. The first-order valence-corrected chi connectivity index (χ1v) is 8.46. The Balaban J connectivity index is 1.40. The summed E-state index contributed by atoms with van der Waals surface area (Å²) >= 11 is 0. The third kappa shape index (κ3) is 3.58. The Hall–Kier alpha value is -4.01. The van der Waals surface area contributed by atoms with Gasteiger partial charge < -0.3 is 19.6 Å². The molecule has 0 unspecified atom stereocenters. The summed E-state index contributed by atoms with van der Waals surface area (Å²) in [5, 5.41) is 35.3. The Kier molecular flexibility index (Phi) is 4.55. The van der Waals surface area contributed by atoms with Crippen LogP contribution in [0.4, 0.5) is 5.69 Å². The zero-order valence-corrected chi connectivity index (χ0v) is 14.5. The summed E-state index contributed by atoms with van der Waals surface area (Å²) in [7, 11) is 0. The number of aromatic amines is 1. The fourth-order valence-electron chi connectivity index (χ4n) is 2.66. The fraction of sp³-hybridized carbons (Fsp3) is 0.105. The maximum Gasteiger partial charge on any atom is 0.265 e. The predicted molar refractivity (Wildman–Crippen MR) is 99.2 cm³/mol. The quantitative estimate of drug-likeness (QED) is 0.451. The molecule has 9 nitrogen and oxygen atoms in total. The number of aromatic hydroxyl groups is 2. The highest BCUT2D eigenvalue weighted by atomic mass is 16.4. The number of fused-ring (bicyclic) bond motifs is 1. The molecule has 2 aromatic carbocycles. The molecule has 4 aromatic rings. The summed E-state index contributed by atoms with van der Waals surface area (Å²) in [6.45, 7) is 0. The van der Waals surface area contributed by atoms with E-state index in [1.54, 1.807) is 30.3 Å². The molecule has 0 fully saturated rings. The van der Waals surface area contributed by atoms with E-state index in [1.165, 1.54) is 12.1 Å². The van der Waals surface area contributed by atoms with Crippen LogP contribution in [0.25, 0.3) is 22.4 Å². The lowest BCUT2D eigenvalue weighted by atomic mass is 10.2. The van der Waals surface area contributed by atoms with Crippen molar-refractivity contribution >= 4 is 22.5 Å². The Labute approximate surface area is 158 Å². The average Bonchev–Trinajstić information content (AvgIpc) is 3.29. The molecule has 0 aliphatic carbocycles. The van der Waals surface area contributed by atoms with Gasteiger partial charge in [-0.05, 0) is 30.3 Å². The Morgan fingerprint density at radius 1 is 1.07 bits per heavy atom. The summed E-state index contributed by atoms with van der Waals surface area (Å²) < 4.78 is 5.51. The molecule has 0 saturated carbocycles. The number of hydrogen-bond donors (Lipinski definition) is 3. The van der Waals surface area contributed by atoms with Crippen molar-refractivity contribution in [2.45, 2.75) is 12.8 Å². The van der Waals surface area contributed by atoms with Gasteiger partial charge in [-0.25, -0.2) is 0 Å². The predicted octanol–water partition coefficient (Wildman–Crippen LogP) is 3.87. The first-order valence-electron chi connectivity index (χ1n) is 8.46. The van der Waals surface area contributed by atoms with E-state index in [1.807, 2.05) is 6.07 Å². The largest absolute Gasteiger partial charge is 0.508 e. The second-order valence-corrected chi connectivity index (χ2v) is 6.01. The smallest absolute Gasteiger partial charge is 0.265 e. The van der Waals surface area contributed by atoms with Gasteiger partial charge in [0.25, 0.3) is 5.91 Å². The number of amides is 1. The van der Waals surface area contributed by atoms with Crippen molar-refractivity contribution in [2.75, 3.05) is 0 Å². The van der Waals surface area contributed by atoms with Crippen LogP contribution in [0.1, 0.15) is 12.3 Å². The van der Waals surface area contributed by atoms with E-state index < -0.39 is 5.91 Å². The van der Waals surface area contributed by atoms with Crippen molar-refractivity contribution in [2.24, 2.45) is 10.2 Å². The second kappa shape index (κ2) is 7.31. The molecule has 0 spiro atoms. The minimum atomic E-state index is -0.478. The number of nitrogens with one attached hydrogen (secondary N) is 1. The highest BCUT2D eigenvalue weighted by Gasteiger charge is 2.12. The van der Waals surface area contributed by atoms with Crippen LogP contribution in [-0.2, 0) is 11.2 Å². The number of carbonyl (C=O) groups is 1. The molecule has 3 N–H and O–H groups in total. The molecule has 140 valence electrons. The summed E-state index contributed by atoms with van der Waals surface area (Å²) in [5.41, 5.74) is 1.59. The summed E-state index contributed by atoms with van der Waals surface area (Å²) in [4.78, 5) is 14.8. The number of aryl methyl sites for hydroxylation is 1. The van der Waals surface area contributed by atoms with E-state index in [0.29, 0.717) is 28.2 Å². The van der Waals surface area contributed by atoms with Crippen LogP contribution < -0.4 is 0 Å². The minimum absolute atomic E-state index is 0.0316. The van der Waals surface area contributed by atoms with E-state index in [0.717, 1.165) is 0 Å². The molecule has 9 heteroatoms. The third-order valence-corrected chi connectivity index (χ3v) is 4.05.